The number of carbonyl (C=O) groups excluding carboxylic acids is 1. The van der Waals surface area contributed by atoms with Crippen LogP contribution in [0.4, 0.5) is 4.39 Å². The van der Waals surface area contributed by atoms with Crippen LogP contribution in [0.5, 0.6) is 5.75 Å². The Bertz CT molecular complexity index is 1230. The molecular weight excluding hydrogens is 417 g/mol. The molecular formula is C27H28FN3O2. The van der Waals surface area contributed by atoms with Crippen LogP contribution in [0.1, 0.15) is 42.5 Å². The summed E-state index contributed by atoms with van der Waals surface area (Å²) in [5, 5.41) is 4.61. The summed E-state index contributed by atoms with van der Waals surface area (Å²) in [7, 11) is 3.53. The number of amides is 1. The number of benzene rings is 2. The molecule has 3 aromatic rings. The highest BCUT2D eigenvalue weighted by Gasteiger charge is 2.40. The number of allylic oxidation sites excluding steroid dienone is 1. The van der Waals surface area contributed by atoms with E-state index < -0.39 is 0 Å². The van der Waals surface area contributed by atoms with Crippen LogP contribution in [0.2, 0.25) is 0 Å². The molecule has 0 N–H and O–H groups in total. The molecule has 170 valence electrons. The first-order valence-corrected chi connectivity index (χ1v) is 11.4. The van der Waals surface area contributed by atoms with Crippen LogP contribution < -0.4 is 4.74 Å². The van der Waals surface area contributed by atoms with Crippen molar-refractivity contribution in [2.45, 2.75) is 38.6 Å². The lowest BCUT2D eigenvalue weighted by molar-refractivity contribution is -0.133. The molecule has 0 aliphatic heterocycles. The van der Waals surface area contributed by atoms with Crippen LogP contribution >= 0.6 is 0 Å². The van der Waals surface area contributed by atoms with E-state index in [1.807, 2.05) is 47.1 Å². The van der Waals surface area contributed by atoms with Crippen molar-refractivity contribution in [2.75, 3.05) is 14.2 Å². The summed E-state index contributed by atoms with van der Waals surface area (Å²) >= 11 is 0. The number of rotatable bonds is 5. The molecule has 0 bridgehead atoms. The Hall–Kier alpha value is -3.41. The Morgan fingerprint density at radius 3 is 2.73 bits per heavy atom. The topological polar surface area (TPSA) is 47.4 Å². The first-order valence-electron chi connectivity index (χ1n) is 11.4. The monoisotopic (exact) mass is 445 g/mol. The van der Waals surface area contributed by atoms with Crippen molar-refractivity contribution in [3.8, 4) is 11.4 Å². The Labute approximate surface area is 193 Å². The number of ether oxygens (including phenoxy) is 1. The predicted molar refractivity (Wildman–Crippen MR) is 125 cm³/mol. The predicted octanol–water partition coefficient (Wildman–Crippen LogP) is 5.04. The molecule has 0 saturated heterocycles. The summed E-state index contributed by atoms with van der Waals surface area (Å²) < 4.78 is 20.8. The molecule has 5 nitrogen and oxygen atoms in total. The number of fused-ring (bicyclic) bond motifs is 1. The zero-order chi connectivity index (χ0) is 23.1. The molecule has 0 fully saturated rings. The van der Waals surface area contributed by atoms with E-state index in [2.05, 4.69) is 12.0 Å². The molecule has 1 amide bonds. The van der Waals surface area contributed by atoms with Crippen molar-refractivity contribution in [2.24, 2.45) is 5.92 Å². The van der Waals surface area contributed by atoms with E-state index in [9.17, 15) is 9.18 Å². The van der Waals surface area contributed by atoms with Crippen molar-refractivity contribution in [3.63, 3.8) is 0 Å². The number of hydrogen-bond acceptors (Lipinski definition) is 3. The third-order valence-electron chi connectivity index (χ3n) is 7.08. The van der Waals surface area contributed by atoms with E-state index in [-0.39, 0.29) is 23.6 Å². The van der Waals surface area contributed by atoms with Gasteiger partial charge in [-0.05, 0) is 43.2 Å². The van der Waals surface area contributed by atoms with Gasteiger partial charge in [-0.3, -0.25) is 4.79 Å². The zero-order valence-corrected chi connectivity index (χ0v) is 19.2. The van der Waals surface area contributed by atoms with Gasteiger partial charge in [-0.2, -0.15) is 5.10 Å². The van der Waals surface area contributed by atoms with Crippen LogP contribution in [0, 0.1) is 11.7 Å². The van der Waals surface area contributed by atoms with Crippen molar-refractivity contribution < 1.29 is 13.9 Å². The molecule has 2 aromatic carbocycles. The van der Waals surface area contributed by atoms with Gasteiger partial charge in [-0.25, -0.2) is 9.07 Å². The van der Waals surface area contributed by atoms with Crippen molar-refractivity contribution >= 4 is 5.91 Å². The first kappa shape index (κ1) is 21.4. The maximum Gasteiger partial charge on any atom is 0.229 e. The summed E-state index contributed by atoms with van der Waals surface area (Å²) in [6, 6.07) is 14.3. The smallest absolute Gasteiger partial charge is 0.229 e. The highest BCUT2D eigenvalue weighted by atomic mass is 19.1. The van der Waals surface area contributed by atoms with Gasteiger partial charge in [0, 0.05) is 37.1 Å². The molecule has 5 rings (SSSR count). The molecule has 6 heteroatoms. The van der Waals surface area contributed by atoms with E-state index in [4.69, 9.17) is 4.74 Å². The van der Waals surface area contributed by atoms with Gasteiger partial charge in [0.1, 0.15) is 11.6 Å². The lowest BCUT2D eigenvalue weighted by Gasteiger charge is -2.29. The molecule has 0 unspecified atom stereocenters. The summed E-state index contributed by atoms with van der Waals surface area (Å²) in [5.41, 5.74) is 6.77. The highest BCUT2D eigenvalue weighted by molar-refractivity contribution is 5.83. The Balaban J connectivity index is 1.39. The molecule has 2 aliphatic rings. The van der Waals surface area contributed by atoms with E-state index in [1.165, 1.54) is 23.3 Å². The lowest BCUT2D eigenvalue weighted by Crippen LogP contribution is -2.34. The minimum atomic E-state index is -0.257. The second kappa shape index (κ2) is 8.50. The number of para-hydroxylation sites is 1. The van der Waals surface area contributed by atoms with Crippen LogP contribution in [0.3, 0.4) is 0 Å². The number of nitrogens with zero attached hydrogens (tertiary/aromatic N) is 3. The van der Waals surface area contributed by atoms with Gasteiger partial charge in [0.2, 0.25) is 5.91 Å². The van der Waals surface area contributed by atoms with Crippen LogP contribution in [-0.2, 0) is 17.8 Å². The van der Waals surface area contributed by atoms with E-state index in [0.29, 0.717) is 6.54 Å². The zero-order valence-electron chi connectivity index (χ0n) is 19.2. The first-order chi connectivity index (χ1) is 16.0. The fraction of sp³-hybridized carbons (Fsp3) is 0.333. The maximum absolute atomic E-state index is 13.5. The fourth-order valence-corrected chi connectivity index (χ4v) is 5.45. The van der Waals surface area contributed by atoms with Gasteiger partial charge in [-0.1, -0.05) is 36.3 Å². The highest BCUT2D eigenvalue weighted by Crippen LogP contribution is 2.47. The third kappa shape index (κ3) is 3.73. The Morgan fingerprint density at radius 2 is 1.97 bits per heavy atom. The second-order valence-electron chi connectivity index (χ2n) is 8.99. The summed E-state index contributed by atoms with van der Waals surface area (Å²) in [4.78, 5) is 15.3. The number of carbonyl (C=O) groups is 1. The molecule has 2 aliphatic carbocycles. The maximum atomic E-state index is 13.5. The normalized spacial score (nSPS) is 19.3. The Morgan fingerprint density at radius 1 is 1.21 bits per heavy atom. The quantitative estimate of drug-likeness (QED) is 0.517. The standard InChI is InChI=1S/C27H28FN3O2/c1-17-23-15-29-31(21-11-9-20(28)10-12-21)24(23)14-18-8-13-22(26(17)18)27(32)30(2)16-19-6-4-5-7-25(19)33-3/h4-7,9-12,15,17,22H,8,13-14,16H2,1-3H3/t17-,22+/m0/s1. The summed E-state index contributed by atoms with van der Waals surface area (Å²) in [5.74, 6) is 0.734. The van der Waals surface area contributed by atoms with Crippen LogP contribution in [0.15, 0.2) is 65.9 Å². The number of halogens is 1. The number of aromatic nitrogens is 2. The van der Waals surface area contributed by atoms with E-state index >= 15 is 0 Å². The SMILES string of the molecule is COc1ccccc1CN(C)C(=O)[C@@H]1CCC2=C1[C@@H](C)c1cnn(-c3ccc(F)cc3)c1C2. The van der Waals surface area contributed by atoms with Gasteiger partial charge in [0.05, 0.1) is 30.6 Å². The van der Waals surface area contributed by atoms with Crippen molar-refractivity contribution in [1.29, 1.82) is 0 Å². The molecule has 2 atom stereocenters. The Kier molecular flexibility index (Phi) is 5.52. The number of hydrogen-bond donors (Lipinski definition) is 0. The molecule has 33 heavy (non-hydrogen) atoms. The largest absolute Gasteiger partial charge is 0.496 e. The van der Waals surface area contributed by atoms with Crippen molar-refractivity contribution in [1.82, 2.24) is 14.7 Å². The second-order valence-corrected chi connectivity index (χ2v) is 8.99. The molecule has 0 spiro atoms. The van der Waals surface area contributed by atoms with Gasteiger partial charge >= 0.3 is 0 Å². The van der Waals surface area contributed by atoms with Gasteiger partial charge in [-0.15, -0.1) is 0 Å². The molecule has 1 heterocycles. The third-order valence-corrected chi connectivity index (χ3v) is 7.08. The minimum Gasteiger partial charge on any atom is -0.496 e. The van der Waals surface area contributed by atoms with Gasteiger partial charge in [0.25, 0.3) is 0 Å². The summed E-state index contributed by atoms with van der Waals surface area (Å²) in [6.45, 7) is 2.69. The van der Waals surface area contributed by atoms with E-state index in [0.717, 1.165) is 47.5 Å². The molecule has 0 saturated carbocycles. The van der Waals surface area contributed by atoms with Crippen LogP contribution in [0.25, 0.3) is 5.69 Å². The van der Waals surface area contributed by atoms with Crippen molar-refractivity contribution in [3.05, 3.63) is 88.5 Å². The van der Waals surface area contributed by atoms with E-state index in [1.54, 1.807) is 19.2 Å². The minimum absolute atomic E-state index is 0.1000. The van der Waals surface area contributed by atoms with Crippen LogP contribution in [-0.4, -0.2) is 34.7 Å². The summed E-state index contributed by atoms with van der Waals surface area (Å²) in [6.07, 6.45) is 4.46. The fourth-order valence-electron chi connectivity index (χ4n) is 5.45. The molecule has 0 radical (unpaired) electrons. The average Bonchev–Trinajstić information content (AvgIpc) is 3.45. The number of methoxy groups -OCH3 is 1. The van der Waals surface area contributed by atoms with Gasteiger partial charge < -0.3 is 9.64 Å². The lowest BCUT2D eigenvalue weighted by atomic mass is 9.79. The molecule has 1 aromatic heterocycles. The van der Waals surface area contributed by atoms with Gasteiger partial charge in [0.15, 0.2) is 0 Å². The average molecular weight is 446 g/mol.